The number of aliphatic imine (C=N–C) groups is 1. The van der Waals surface area contributed by atoms with Gasteiger partial charge in [0.25, 0.3) is 0 Å². The molecule has 9 nitrogen and oxygen atoms in total. The summed E-state index contributed by atoms with van der Waals surface area (Å²) in [7, 11) is 0. The van der Waals surface area contributed by atoms with E-state index in [1.807, 2.05) is 36.1 Å². The summed E-state index contributed by atoms with van der Waals surface area (Å²) in [4.78, 5) is 30.4. The minimum atomic E-state index is -5.08. The van der Waals surface area contributed by atoms with Gasteiger partial charge in [-0.05, 0) is 38.5 Å². The molecule has 0 radical (unpaired) electrons. The highest BCUT2D eigenvalue weighted by atomic mass is 35.5. The third kappa shape index (κ3) is 6.15. The fourth-order valence-corrected chi connectivity index (χ4v) is 5.68. The summed E-state index contributed by atoms with van der Waals surface area (Å²) in [6, 6.07) is 7.33. The maximum Gasteiger partial charge on any atom is 0.490 e. The van der Waals surface area contributed by atoms with Crippen LogP contribution < -0.4 is 5.32 Å². The molecule has 1 aromatic carbocycles. The first-order valence-corrected chi connectivity index (χ1v) is 13.2. The van der Waals surface area contributed by atoms with E-state index >= 15 is 0 Å². The van der Waals surface area contributed by atoms with Crippen LogP contribution >= 0.6 is 22.9 Å². The quantitative estimate of drug-likeness (QED) is 0.477. The number of nitrogens with one attached hydrogen (secondary N) is 1. The molecular formula is C25H26ClF3N6O3S. The normalized spacial score (nSPS) is 16.8. The summed E-state index contributed by atoms with van der Waals surface area (Å²) in [5.74, 6) is -1.14. The highest BCUT2D eigenvalue weighted by molar-refractivity contribution is 7.15. The Kier molecular flexibility index (Phi) is 8.42. The molecule has 2 aromatic heterocycles. The number of carboxylic acid groups (broad SMARTS) is 1. The second-order valence-electron chi connectivity index (χ2n) is 9.04. The average Bonchev–Trinajstić information content (AvgIpc) is 3.37. The lowest BCUT2D eigenvalue weighted by Crippen LogP contribution is -2.46. The topological polar surface area (TPSA) is 113 Å². The van der Waals surface area contributed by atoms with Crippen LogP contribution in [0.3, 0.4) is 0 Å². The number of piperazine rings is 1. The average molecular weight is 583 g/mol. The predicted octanol–water partition coefficient (Wildman–Crippen LogP) is 4.25. The van der Waals surface area contributed by atoms with E-state index in [-0.39, 0.29) is 12.3 Å². The predicted molar refractivity (Wildman–Crippen MR) is 141 cm³/mol. The molecule has 0 unspecified atom stereocenters. The van der Waals surface area contributed by atoms with Crippen molar-refractivity contribution in [1.29, 1.82) is 0 Å². The second-order valence-corrected chi connectivity index (χ2v) is 10.7. The van der Waals surface area contributed by atoms with E-state index in [0.717, 1.165) is 59.7 Å². The smallest absolute Gasteiger partial charge is 0.475 e. The van der Waals surface area contributed by atoms with E-state index in [0.29, 0.717) is 5.02 Å². The van der Waals surface area contributed by atoms with Crippen molar-refractivity contribution in [1.82, 2.24) is 25.0 Å². The maximum atomic E-state index is 13.2. The highest BCUT2D eigenvalue weighted by Gasteiger charge is 2.38. The lowest BCUT2D eigenvalue weighted by molar-refractivity contribution is -0.192. The van der Waals surface area contributed by atoms with Crippen molar-refractivity contribution in [2.24, 2.45) is 4.99 Å². The summed E-state index contributed by atoms with van der Waals surface area (Å²) in [6.07, 6.45) is -4.82. The van der Waals surface area contributed by atoms with Crippen molar-refractivity contribution >= 4 is 40.5 Å². The molecule has 2 N–H and O–H groups in total. The van der Waals surface area contributed by atoms with Gasteiger partial charge in [-0.2, -0.15) is 13.2 Å². The SMILES string of the molecule is Cc1sc2c(c1C)C(c1ccc(Cl)cc1)=N[C@@H](CC(=O)N1CCNCC1)c1nnc(C)n1-2.O=C(O)C(F)(F)F. The number of nitrogens with zero attached hydrogens (tertiary/aromatic N) is 5. The molecule has 3 aromatic rings. The van der Waals surface area contributed by atoms with E-state index in [2.05, 4.69) is 33.9 Å². The molecule has 0 saturated carbocycles. The summed E-state index contributed by atoms with van der Waals surface area (Å²) >= 11 is 7.88. The zero-order valence-corrected chi connectivity index (χ0v) is 22.9. The van der Waals surface area contributed by atoms with Gasteiger partial charge in [0.2, 0.25) is 5.91 Å². The Labute approximate surface area is 231 Å². The lowest BCUT2D eigenvalue weighted by Gasteiger charge is -2.28. The largest absolute Gasteiger partial charge is 0.490 e. The Hall–Kier alpha value is -3.29. The number of hydrogen-bond acceptors (Lipinski definition) is 7. The fourth-order valence-electron chi connectivity index (χ4n) is 4.34. The molecular weight excluding hydrogens is 557 g/mol. The molecule has 14 heteroatoms. The van der Waals surface area contributed by atoms with Gasteiger partial charge >= 0.3 is 12.1 Å². The summed E-state index contributed by atoms with van der Waals surface area (Å²) in [6.45, 7) is 9.28. The zero-order valence-electron chi connectivity index (χ0n) is 21.3. The standard InChI is InChI=1S/C23H25ClN6OS.C2HF3O2/c1-13-14(2)32-23-20(13)21(16-4-6-17(24)7-5-16)26-18(22-28-27-15(3)30(22)23)12-19(31)29-10-8-25-9-11-29;3-2(4,5)1(6)7/h4-7,18,25H,8-12H2,1-3H3;(H,6,7)/t18-;/m0./s1. The summed E-state index contributed by atoms with van der Waals surface area (Å²) < 4.78 is 33.8. The lowest BCUT2D eigenvalue weighted by atomic mass is 9.99. The van der Waals surface area contributed by atoms with Crippen LogP contribution in [0.5, 0.6) is 0 Å². The van der Waals surface area contributed by atoms with E-state index in [1.54, 1.807) is 11.3 Å². The number of rotatable bonds is 3. The number of aromatic nitrogens is 3. The minimum Gasteiger partial charge on any atom is -0.475 e. The van der Waals surface area contributed by atoms with Crippen molar-refractivity contribution < 1.29 is 27.9 Å². The van der Waals surface area contributed by atoms with E-state index < -0.39 is 18.2 Å². The van der Waals surface area contributed by atoms with E-state index in [4.69, 9.17) is 26.5 Å². The van der Waals surface area contributed by atoms with Crippen molar-refractivity contribution in [2.75, 3.05) is 26.2 Å². The number of halogens is 4. The third-order valence-corrected chi connectivity index (χ3v) is 7.88. The van der Waals surface area contributed by atoms with Crippen LogP contribution in [0.2, 0.25) is 5.02 Å². The van der Waals surface area contributed by atoms with Gasteiger partial charge in [0, 0.05) is 47.2 Å². The van der Waals surface area contributed by atoms with Crippen molar-refractivity contribution in [3.8, 4) is 5.00 Å². The van der Waals surface area contributed by atoms with Crippen LogP contribution in [0, 0.1) is 20.8 Å². The van der Waals surface area contributed by atoms with Gasteiger partial charge in [0.15, 0.2) is 5.82 Å². The molecule has 1 amide bonds. The van der Waals surface area contributed by atoms with Crippen molar-refractivity contribution in [3.63, 3.8) is 0 Å². The second kappa shape index (κ2) is 11.4. The van der Waals surface area contributed by atoms with Crippen LogP contribution in [-0.2, 0) is 9.59 Å². The minimum absolute atomic E-state index is 0.0982. The first kappa shape index (κ1) is 28.7. The van der Waals surface area contributed by atoms with Crippen LogP contribution in [0.25, 0.3) is 5.00 Å². The Morgan fingerprint density at radius 1 is 1.13 bits per heavy atom. The van der Waals surface area contributed by atoms with Crippen molar-refractivity contribution in [2.45, 2.75) is 39.4 Å². The van der Waals surface area contributed by atoms with Crippen LogP contribution in [0.15, 0.2) is 29.3 Å². The monoisotopic (exact) mass is 582 g/mol. The molecule has 1 saturated heterocycles. The van der Waals surface area contributed by atoms with Crippen molar-refractivity contribution in [3.05, 3.63) is 62.5 Å². The Balaban J connectivity index is 0.000000448. The molecule has 1 atom stereocenters. The molecule has 0 bridgehead atoms. The Morgan fingerprint density at radius 3 is 2.33 bits per heavy atom. The summed E-state index contributed by atoms with van der Waals surface area (Å²) in [5, 5.41) is 21.0. The van der Waals surface area contributed by atoms with Gasteiger partial charge in [-0.25, -0.2) is 4.79 Å². The number of carbonyl (C=O) groups excluding carboxylic acids is 1. The number of aryl methyl sites for hydroxylation is 2. The number of aliphatic carboxylic acids is 1. The number of amides is 1. The van der Waals surface area contributed by atoms with Gasteiger partial charge < -0.3 is 15.3 Å². The van der Waals surface area contributed by atoms with Crippen LogP contribution in [0.1, 0.15) is 45.7 Å². The number of alkyl halides is 3. The first-order valence-electron chi connectivity index (χ1n) is 12.0. The van der Waals surface area contributed by atoms with Gasteiger partial charge in [-0.15, -0.1) is 21.5 Å². The molecule has 1 fully saturated rings. The number of hydrogen-bond donors (Lipinski definition) is 2. The molecule has 2 aliphatic rings. The van der Waals surface area contributed by atoms with E-state index in [9.17, 15) is 18.0 Å². The molecule has 0 aliphatic carbocycles. The number of carbonyl (C=O) groups is 2. The van der Waals surface area contributed by atoms with Gasteiger partial charge in [0.05, 0.1) is 12.1 Å². The number of fused-ring (bicyclic) bond motifs is 3. The first-order chi connectivity index (χ1) is 18.4. The molecule has 5 rings (SSSR count). The van der Waals surface area contributed by atoms with Crippen LogP contribution in [-0.4, -0.2) is 74.7 Å². The van der Waals surface area contributed by atoms with Gasteiger partial charge in [-0.1, -0.05) is 23.7 Å². The number of thiophene rings is 1. The Bertz CT molecular complexity index is 1410. The molecule has 208 valence electrons. The summed E-state index contributed by atoms with van der Waals surface area (Å²) in [5.41, 5.74) is 4.12. The third-order valence-electron chi connectivity index (χ3n) is 6.44. The molecule has 39 heavy (non-hydrogen) atoms. The van der Waals surface area contributed by atoms with Crippen LogP contribution in [0.4, 0.5) is 13.2 Å². The molecule has 2 aliphatic heterocycles. The fraction of sp³-hybridized carbons (Fsp3) is 0.400. The molecule has 4 heterocycles. The Morgan fingerprint density at radius 2 is 1.74 bits per heavy atom. The number of carboxylic acids is 1. The molecule has 0 spiro atoms. The maximum absolute atomic E-state index is 13.2. The zero-order chi connectivity index (χ0) is 28.5. The number of benzene rings is 1. The highest BCUT2D eigenvalue weighted by Crippen LogP contribution is 2.39. The van der Waals surface area contributed by atoms with Gasteiger partial charge in [0.1, 0.15) is 16.9 Å². The van der Waals surface area contributed by atoms with Gasteiger partial charge in [-0.3, -0.25) is 14.4 Å². The van der Waals surface area contributed by atoms with E-state index in [1.165, 1.54) is 10.4 Å².